The van der Waals surface area contributed by atoms with Crippen molar-refractivity contribution >= 4 is 44.7 Å². The van der Waals surface area contributed by atoms with Crippen molar-refractivity contribution in [2.45, 2.75) is 13.0 Å². The average molecular weight is 422 g/mol. The Morgan fingerprint density at radius 2 is 1.50 bits per heavy atom. The van der Waals surface area contributed by atoms with Crippen molar-refractivity contribution in [3.05, 3.63) is 90.5 Å². The highest BCUT2D eigenvalue weighted by atomic mass is 16.5. The van der Waals surface area contributed by atoms with Crippen LogP contribution in [-0.2, 0) is 11.3 Å². The highest BCUT2D eigenvalue weighted by molar-refractivity contribution is 6.08. The van der Waals surface area contributed by atoms with Gasteiger partial charge in [-0.2, -0.15) is 5.10 Å². The van der Waals surface area contributed by atoms with Crippen molar-refractivity contribution in [1.82, 2.24) is 9.99 Å². The molecule has 158 valence electrons. The summed E-state index contributed by atoms with van der Waals surface area (Å²) in [5, 5.41) is 8.72. The molecule has 0 aliphatic heterocycles. The molecule has 0 unspecified atom stereocenters. The first-order chi connectivity index (χ1) is 15.8. The van der Waals surface area contributed by atoms with Crippen molar-refractivity contribution in [2.24, 2.45) is 5.10 Å². The summed E-state index contributed by atoms with van der Waals surface area (Å²) in [7, 11) is 1.63. The predicted octanol–water partition coefficient (Wildman–Crippen LogP) is 5.50. The van der Waals surface area contributed by atoms with Gasteiger partial charge in [0.25, 0.3) is 0 Å². The van der Waals surface area contributed by atoms with Gasteiger partial charge in [-0.15, -0.1) is 0 Å². The third kappa shape index (κ3) is 3.58. The van der Waals surface area contributed by atoms with E-state index < -0.39 is 0 Å². The maximum Gasteiger partial charge on any atom is 0.241 e. The van der Waals surface area contributed by atoms with Gasteiger partial charge in [-0.1, -0.05) is 66.7 Å². The minimum absolute atomic E-state index is 0.137. The minimum atomic E-state index is -0.137. The number of aromatic nitrogens is 1. The van der Waals surface area contributed by atoms with E-state index in [0.29, 0.717) is 18.7 Å². The third-order valence-corrected chi connectivity index (χ3v) is 5.78. The predicted molar refractivity (Wildman–Crippen MR) is 130 cm³/mol. The van der Waals surface area contributed by atoms with E-state index in [4.69, 9.17) is 4.74 Å². The van der Waals surface area contributed by atoms with Crippen LogP contribution in [0.25, 0.3) is 32.6 Å². The van der Waals surface area contributed by atoms with Crippen LogP contribution < -0.4 is 10.2 Å². The highest BCUT2D eigenvalue weighted by Gasteiger charge is 2.11. The molecule has 0 saturated carbocycles. The van der Waals surface area contributed by atoms with Crippen LogP contribution in [0.15, 0.2) is 90.0 Å². The Bertz CT molecular complexity index is 1410. The Hall–Kier alpha value is -4.12. The van der Waals surface area contributed by atoms with Crippen LogP contribution >= 0.6 is 0 Å². The minimum Gasteiger partial charge on any atom is -0.496 e. The van der Waals surface area contributed by atoms with E-state index >= 15 is 0 Å². The molecule has 5 heteroatoms. The lowest BCUT2D eigenvalue weighted by Gasteiger charge is -2.09. The number of hydrogen-bond donors (Lipinski definition) is 1. The van der Waals surface area contributed by atoms with Crippen molar-refractivity contribution in [1.29, 1.82) is 0 Å². The molecule has 0 atom stereocenters. The highest BCUT2D eigenvalue weighted by Crippen LogP contribution is 2.29. The molecule has 0 aliphatic rings. The largest absolute Gasteiger partial charge is 0.496 e. The monoisotopic (exact) mass is 421 g/mol. The van der Waals surface area contributed by atoms with Crippen LogP contribution in [-0.4, -0.2) is 23.8 Å². The second-order valence-electron chi connectivity index (χ2n) is 7.63. The van der Waals surface area contributed by atoms with E-state index in [0.717, 1.165) is 27.4 Å². The number of hydrazone groups is 1. The number of nitrogens with one attached hydrogen (secondary N) is 1. The van der Waals surface area contributed by atoms with Gasteiger partial charge in [-0.3, -0.25) is 4.79 Å². The molecule has 0 bridgehead atoms. The van der Waals surface area contributed by atoms with Crippen molar-refractivity contribution < 1.29 is 9.53 Å². The molecule has 1 amide bonds. The van der Waals surface area contributed by atoms with Gasteiger partial charge in [0, 0.05) is 40.3 Å². The van der Waals surface area contributed by atoms with Crippen LogP contribution in [0.3, 0.4) is 0 Å². The number of aryl methyl sites for hydroxylation is 1. The summed E-state index contributed by atoms with van der Waals surface area (Å²) in [4.78, 5) is 12.5. The molecule has 5 rings (SSSR count). The molecular weight excluding hydrogens is 398 g/mol. The molecular formula is C27H23N3O2. The molecule has 1 heterocycles. The SMILES string of the molecule is COc1ccc2ccccc2c1/C=N/NC(=O)CCn1c2ccccc2c2ccccc21. The molecule has 0 saturated heterocycles. The van der Waals surface area contributed by atoms with Gasteiger partial charge in [0.1, 0.15) is 5.75 Å². The summed E-state index contributed by atoms with van der Waals surface area (Å²) in [6.07, 6.45) is 1.98. The summed E-state index contributed by atoms with van der Waals surface area (Å²) in [6, 6.07) is 28.5. The summed E-state index contributed by atoms with van der Waals surface area (Å²) >= 11 is 0. The summed E-state index contributed by atoms with van der Waals surface area (Å²) < 4.78 is 7.68. The molecule has 5 nitrogen and oxygen atoms in total. The number of nitrogens with zero attached hydrogens (tertiary/aromatic N) is 2. The number of methoxy groups -OCH3 is 1. The van der Waals surface area contributed by atoms with E-state index in [1.807, 2.05) is 60.7 Å². The molecule has 0 spiro atoms. The first-order valence-electron chi connectivity index (χ1n) is 10.6. The van der Waals surface area contributed by atoms with Crippen LogP contribution in [0, 0.1) is 0 Å². The van der Waals surface area contributed by atoms with E-state index in [1.165, 1.54) is 10.8 Å². The van der Waals surface area contributed by atoms with Crippen LogP contribution in [0.2, 0.25) is 0 Å². The Morgan fingerprint density at radius 1 is 0.875 bits per heavy atom. The quantitative estimate of drug-likeness (QED) is 0.291. The summed E-state index contributed by atoms with van der Waals surface area (Å²) in [6.45, 7) is 0.576. The first-order valence-corrected chi connectivity index (χ1v) is 10.6. The zero-order chi connectivity index (χ0) is 21.9. The molecule has 32 heavy (non-hydrogen) atoms. The Morgan fingerprint density at radius 3 is 2.19 bits per heavy atom. The lowest BCUT2D eigenvalue weighted by Crippen LogP contribution is -2.19. The average Bonchev–Trinajstić information content (AvgIpc) is 3.16. The van der Waals surface area contributed by atoms with Gasteiger partial charge < -0.3 is 9.30 Å². The number of amides is 1. The molecule has 0 fully saturated rings. The second kappa shape index (κ2) is 8.55. The fraction of sp³-hybridized carbons (Fsp3) is 0.111. The van der Waals surface area contributed by atoms with E-state index in [1.54, 1.807) is 13.3 Å². The number of hydrogen-bond acceptors (Lipinski definition) is 3. The van der Waals surface area contributed by atoms with E-state index in [2.05, 4.69) is 39.4 Å². The van der Waals surface area contributed by atoms with Crippen LogP contribution in [0.4, 0.5) is 0 Å². The number of para-hydroxylation sites is 2. The fourth-order valence-electron chi connectivity index (χ4n) is 4.27. The molecule has 0 radical (unpaired) electrons. The van der Waals surface area contributed by atoms with Crippen LogP contribution in [0.5, 0.6) is 5.75 Å². The third-order valence-electron chi connectivity index (χ3n) is 5.78. The Labute approximate surface area is 185 Å². The maximum absolute atomic E-state index is 12.5. The van der Waals surface area contributed by atoms with Gasteiger partial charge >= 0.3 is 0 Å². The standard InChI is InChI=1S/C27H23N3O2/c1-32-26-15-14-19-8-2-3-9-20(19)23(26)18-28-29-27(31)16-17-30-24-12-6-4-10-21(24)22-11-5-7-13-25(22)30/h2-15,18H,16-17H2,1H3,(H,29,31)/b28-18+. The summed E-state index contributed by atoms with van der Waals surface area (Å²) in [5.74, 6) is 0.578. The van der Waals surface area contributed by atoms with Gasteiger partial charge in [-0.25, -0.2) is 5.43 Å². The summed E-state index contributed by atoms with van der Waals surface area (Å²) in [5.41, 5.74) is 5.77. The lowest BCUT2D eigenvalue weighted by molar-refractivity contribution is -0.121. The Kier molecular flexibility index (Phi) is 5.30. The first kappa shape index (κ1) is 19.8. The van der Waals surface area contributed by atoms with Gasteiger partial charge in [-0.05, 0) is 29.0 Å². The van der Waals surface area contributed by atoms with Gasteiger partial charge in [0.2, 0.25) is 5.91 Å². The zero-order valence-electron chi connectivity index (χ0n) is 17.8. The molecule has 1 N–H and O–H groups in total. The van der Waals surface area contributed by atoms with Crippen molar-refractivity contribution in [2.75, 3.05) is 7.11 Å². The lowest BCUT2D eigenvalue weighted by atomic mass is 10.0. The second-order valence-corrected chi connectivity index (χ2v) is 7.63. The zero-order valence-corrected chi connectivity index (χ0v) is 17.8. The smallest absolute Gasteiger partial charge is 0.241 e. The van der Waals surface area contributed by atoms with E-state index in [9.17, 15) is 4.79 Å². The number of carbonyl (C=O) groups is 1. The molecule has 4 aromatic carbocycles. The van der Waals surface area contributed by atoms with Gasteiger partial charge in [0.05, 0.1) is 13.3 Å². The van der Waals surface area contributed by atoms with Gasteiger partial charge in [0.15, 0.2) is 0 Å². The Balaban J connectivity index is 1.34. The number of ether oxygens (including phenoxy) is 1. The van der Waals surface area contributed by atoms with Crippen molar-refractivity contribution in [3.8, 4) is 5.75 Å². The molecule has 1 aromatic heterocycles. The number of rotatable bonds is 6. The fourth-order valence-corrected chi connectivity index (χ4v) is 4.27. The molecule has 5 aromatic rings. The van der Waals surface area contributed by atoms with Crippen molar-refractivity contribution in [3.63, 3.8) is 0 Å². The number of fused-ring (bicyclic) bond motifs is 4. The van der Waals surface area contributed by atoms with Crippen LogP contribution in [0.1, 0.15) is 12.0 Å². The maximum atomic E-state index is 12.5. The number of carbonyl (C=O) groups excluding carboxylic acids is 1. The molecule has 0 aliphatic carbocycles. The number of benzene rings is 4. The normalized spacial score (nSPS) is 11.5. The van der Waals surface area contributed by atoms with E-state index in [-0.39, 0.29) is 5.91 Å². The topological polar surface area (TPSA) is 55.6 Å².